The Morgan fingerprint density at radius 1 is 0.605 bits per heavy atom. The van der Waals surface area contributed by atoms with Gasteiger partial charge in [0.1, 0.15) is 24.4 Å². The summed E-state index contributed by atoms with van der Waals surface area (Å²) in [4.78, 5) is 14.9. The Hall–Kier alpha value is -0.990. The number of unbranched alkanes of at least 4 members (excludes halogenated alkanes) is 20. The van der Waals surface area contributed by atoms with Crippen LogP contribution in [0, 0.1) is 0 Å². The predicted octanol–water partition coefficient (Wildman–Crippen LogP) is 7.57. The largest absolute Gasteiger partial charge is 0.394 e. The molecule has 1 saturated heterocycles. The van der Waals surface area contributed by atoms with Crippen LogP contribution in [0.5, 0.6) is 0 Å². The molecule has 43 heavy (non-hydrogen) atoms. The summed E-state index contributed by atoms with van der Waals surface area (Å²) in [6.45, 7) is 4.43. The normalized spacial score (nSPS) is 22.4. The van der Waals surface area contributed by atoms with E-state index in [1.165, 1.54) is 96.3 Å². The molecule has 0 bridgehead atoms. The molecule has 7 heteroatoms. The van der Waals surface area contributed by atoms with Gasteiger partial charge in [0.15, 0.2) is 6.23 Å². The van der Waals surface area contributed by atoms with Crippen molar-refractivity contribution in [3.8, 4) is 0 Å². The van der Waals surface area contributed by atoms with Gasteiger partial charge in [-0.2, -0.15) is 0 Å². The average Bonchev–Trinajstić information content (AvgIpc) is 3.01. The number of aliphatic hydroxyl groups excluding tert-OH is 4. The Kier molecular flexibility index (Phi) is 25.4. The van der Waals surface area contributed by atoms with Gasteiger partial charge < -0.3 is 30.1 Å². The van der Waals surface area contributed by atoms with Crippen molar-refractivity contribution in [2.45, 2.75) is 199 Å². The second-order valence-electron chi connectivity index (χ2n) is 12.8. The molecule has 0 aromatic heterocycles. The number of allylic oxidation sites excluding steroid dienone is 2. The van der Waals surface area contributed by atoms with Crippen LogP contribution in [0.1, 0.15) is 168 Å². The molecule has 0 saturated carbocycles. The zero-order chi connectivity index (χ0) is 31.5. The lowest BCUT2D eigenvalue weighted by atomic mass is 9.97. The third kappa shape index (κ3) is 18.5. The number of carbonyl (C=O) groups excluding carboxylic acids is 1. The van der Waals surface area contributed by atoms with Gasteiger partial charge in [-0.05, 0) is 38.5 Å². The Morgan fingerprint density at radius 3 is 1.53 bits per heavy atom. The molecule has 1 unspecified atom stereocenters. The van der Waals surface area contributed by atoms with Crippen LogP contribution in [-0.4, -0.2) is 75.0 Å². The molecule has 0 aromatic rings. The third-order valence-corrected chi connectivity index (χ3v) is 8.90. The molecule has 0 aliphatic carbocycles. The van der Waals surface area contributed by atoms with Gasteiger partial charge >= 0.3 is 0 Å². The molecule has 0 radical (unpaired) electrons. The molecule has 4 N–H and O–H groups in total. The fourth-order valence-corrected chi connectivity index (χ4v) is 5.99. The second-order valence-corrected chi connectivity index (χ2v) is 12.8. The van der Waals surface area contributed by atoms with E-state index in [1.807, 2.05) is 0 Å². The lowest BCUT2D eigenvalue weighted by molar-refractivity contribution is -0.262. The van der Waals surface area contributed by atoms with E-state index in [4.69, 9.17) is 4.74 Å². The maximum absolute atomic E-state index is 13.3. The summed E-state index contributed by atoms with van der Waals surface area (Å²) in [6, 6.07) is 0. The average molecular weight is 612 g/mol. The molecule has 5 atom stereocenters. The summed E-state index contributed by atoms with van der Waals surface area (Å²) in [6.07, 6.45) is 26.0. The van der Waals surface area contributed by atoms with Gasteiger partial charge in [0.2, 0.25) is 5.91 Å². The van der Waals surface area contributed by atoms with E-state index in [2.05, 4.69) is 26.0 Å². The number of aliphatic hydroxyl groups is 4. The maximum atomic E-state index is 13.3. The number of carbonyl (C=O) groups is 1. The smallest absolute Gasteiger partial charge is 0.224 e. The summed E-state index contributed by atoms with van der Waals surface area (Å²) in [5.41, 5.74) is 0. The third-order valence-electron chi connectivity index (χ3n) is 8.90. The Labute approximate surface area is 264 Å². The first-order chi connectivity index (χ1) is 21.0. The van der Waals surface area contributed by atoms with Gasteiger partial charge in [0.05, 0.1) is 6.61 Å². The number of hydrogen-bond donors (Lipinski definition) is 4. The molecular formula is C36H69NO6. The molecule has 254 valence electrons. The minimum atomic E-state index is -1.47. The molecular weight excluding hydrogens is 542 g/mol. The molecule has 1 aliphatic heterocycles. The van der Waals surface area contributed by atoms with E-state index in [-0.39, 0.29) is 5.91 Å². The Bertz CT molecular complexity index is 672. The molecule has 0 aromatic carbocycles. The van der Waals surface area contributed by atoms with Crippen molar-refractivity contribution in [3.63, 3.8) is 0 Å². The minimum Gasteiger partial charge on any atom is -0.394 e. The van der Waals surface area contributed by atoms with Gasteiger partial charge in [0.25, 0.3) is 0 Å². The molecule has 1 heterocycles. The van der Waals surface area contributed by atoms with Crippen molar-refractivity contribution in [1.82, 2.24) is 4.90 Å². The van der Waals surface area contributed by atoms with E-state index in [0.29, 0.717) is 13.0 Å². The van der Waals surface area contributed by atoms with Crippen molar-refractivity contribution < 1.29 is 30.0 Å². The highest BCUT2D eigenvalue weighted by atomic mass is 16.6. The van der Waals surface area contributed by atoms with E-state index < -0.39 is 37.3 Å². The van der Waals surface area contributed by atoms with Crippen molar-refractivity contribution >= 4 is 5.91 Å². The van der Waals surface area contributed by atoms with Crippen LogP contribution in [0.2, 0.25) is 0 Å². The number of amides is 1. The first-order valence-corrected chi connectivity index (χ1v) is 18.2. The van der Waals surface area contributed by atoms with E-state index >= 15 is 0 Å². The fourth-order valence-electron chi connectivity index (χ4n) is 5.99. The van der Waals surface area contributed by atoms with Gasteiger partial charge in [-0.1, -0.05) is 135 Å². The van der Waals surface area contributed by atoms with Crippen LogP contribution >= 0.6 is 0 Å². The fraction of sp³-hybridized carbons (Fsp3) is 0.917. The Balaban J connectivity index is 2.37. The van der Waals surface area contributed by atoms with Gasteiger partial charge in [-0.25, -0.2) is 0 Å². The van der Waals surface area contributed by atoms with E-state index in [9.17, 15) is 25.2 Å². The summed E-state index contributed by atoms with van der Waals surface area (Å²) in [5.74, 6) is -0.0992. The van der Waals surface area contributed by atoms with E-state index in [0.717, 1.165) is 51.4 Å². The van der Waals surface area contributed by atoms with Gasteiger partial charge in [-0.15, -0.1) is 0 Å². The number of hydrogen-bond acceptors (Lipinski definition) is 6. The lowest BCUT2D eigenvalue weighted by Crippen LogP contribution is -2.64. The van der Waals surface area contributed by atoms with Crippen molar-refractivity contribution in [2.24, 2.45) is 0 Å². The van der Waals surface area contributed by atoms with Crippen LogP contribution in [0.4, 0.5) is 0 Å². The van der Waals surface area contributed by atoms with Crippen LogP contribution in [0.15, 0.2) is 12.2 Å². The quantitative estimate of drug-likeness (QED) is 0.0536. The number of nitrogens with zero attached hydrogens (tertiary/aromatic N) is 1. The SMILES string of the molecule is CCCCCCCC/C=C\CCCCCCCC(=O)N(CCCCCCCCCCCC)C1O[C@H](CO)[C@@H](O)[C@H](O)[C@H]1O. The lowest BCUT2D eigenvalue weighted by Gasteiger charge is -2.44. The van der Waals surface area contributed by atoms with E-state index in [1.54, 1.807) is 4.90 Å². The summed E-state index contributed by atoms with van der Waals surface area (Å²) in [5, 5.41) is 40.9. The zero-order valence-electron chi connectivity index (χ0n) is 28.0. The van der Waals surface area contributed by atoms with Crippen LogP contribution in [-0.2, 0) is 9.53 Å². The zero-order valence-corrected chi connectivity index (χ0v) is 28.0. The summed E-state index contributed by atoms with van der Waals surface area (Å²) in [7, 11) is 0. The molecule has 1 fully saturated rings. The molecule has 7 nitrogen and oxygen atoms in total. The van der Waals surface area contributed by atoms with Crippen LogP contribution in [0.3, 0.4) is 0 Å². The highest BCUT2D eigenvalue weighted by Crippen LogP contribution is 2.25. The highest BCUT2D eigenvalue weighted by molar-refractivity contribution is 5.76. The standard InChI is InChI=1S/C36H69NO6/c1-3-5-7-9-11-13-15-16-17-18-19-20-22-24-26-28-32(39)37(29-27-25-23-21-14-12-10-8-6-4-2)36-35(42)34(41)33(40)31(30-38)43-36/h16-17,31,33-36,38,40-42H,3-15,18-30H2,1-2H3/b17-16-/t31-,33-,34+,35-,36?/m1/s1. The number of ether oxygens (including phenoxy) is 1. The molecule has 1 amide bonds. The van der Waals surface area contributed by atoms with Gasteiger partial charge in [-0.3, -0.25) is 4.79 Å². The first-order valence-electron chi connectivity index (χ1n) is 18.2. The monoisotopic (exact) mass is 612 g/mol. The van der Waals surface area contributed by atoms with Crippen LogP contribution < -0.4 is 0 Å². The number of rotatable bonds is 28. The topological polar surface area (TPSA) is 110 Å². The molecule has 1 rings (SSSR count). The van der Waals surface area contributed by atoms with Gasteiger partial charge in [0, 0.05) is 13.0 Å². The van der Waals surface area contributed by atoms with Crippen molar-refractivity contribution in [1.29, 1.82) is 0 Å². The first kappa shape index (κ1) is 40.0. The molecule has 1 aliphatic rings. The molecule has 0 spiro atoms. The van der Waals surface area contributed by atoms with Crippen molar-refractivity contribution in [2.75, 3.05) is 13.2 Å². The minimum absolute atomic E-state index is 0.0992. The Morgan fingerprint density at radius 2 is 1.05 bits per heavy atom. The summed E-state index contributed by atoms with van der Waals surface area (Å²) >= 11 is 0. The predicted molar refractivity (Wildman–Crippen MR) is 177 cm³/mol. The summed E-state index contributed by atoms with van der Waals surface area (Å²) < 4.78 is 5.77. The maximum Gasteiger partial charge on any atom is 0.224 e. The van der Waals surface area contributed by atoms with Crippen molar-refractivity contribution in [3.05, 3.63) is 12.2 Å². The second kappa shape index (κ2) is 27.3. The highest BCUT2D eigenvalue weighted by Gasteiger charge is 2.46. The van der Waals surface area contributed by atoms with Crippen LogP contribution in [0.25, 0.3) is 0 Å².